The van der Waals surface area contributed by atoms with Crippen molar-refractivity contribution in [2.45, 2.75) is 38.1 Å². The molecule has 0 unspecified atom stereocenters. The third-order valence-corrected chi connectivity index (χ3v) is 6.59. The van der Waals surface area contributed by atoms with Gasteiger partial charge in [0.1, 0.15) is 29.3 Å². The highest BCUT2D eigenvalue weighted by Gasteiger charge is 2.26. The van der Waals surface area contributed by atoms with Gasteiger partial charge in [0.15, 0.2) is 0 Å². The first-order chi connectivity index (χ1) is 14.7. The van der Waals surface area contributed by atoms with Crippen molar-refractivity contribution in [2.24, 2.45) is 0 Å². The zero-order valence-corrected chi connectivity index (χ0v) is 18.2. The standard InChI is InChI=1S/C24H23BrN4O/c25-22-20(16-11-13-19(14-12-16)30-18-9-5-2-6-10-18)21-23(26)27-15-28-24(21)29(22)17-7-3-1-4-8-17/h2,5-6,9-15,17H,1,3-4,7-8H2,(H2,26,27,28). The van der Waals surface area contributed by atoms with Crippen LogP contribution in [0.3, 0.4) is 0 Å². The molecule has 0 bridgehead atoms. The molecule has 0 spiro atoms. The molecular weight excluding hydrogens is 440 g/mol. The van der Waals surface area contributed by atoms with E-state index < -0.39 is 0 Å². The molecule has 0 radical (unpaired) electrons. The second-order valence-electron chi connectivity index (χ2n) is 7.72. The lowest BCUT2D eigenvalue weighted by Crippen LogP contribution is -2.13. The number of nitrogens with two attached hydrogens (primary N) is 1. The maximum atomic E-state index is 6.33. The SMILES string of the molecule is Nc1ncnc2c1c(-c1ccc(Oc3ccccc3)cc1)c(Br)n2C1CCCCC1. The minimum Gasteiger partial charge on any atom is -0.457 e. The molecule has 5 rings (SSSR count). The molecule has 0 saturated heterocycles. The number of halogens is 1. The Hall–Kier alpha value is -2.86. The van der Waals surface area contributed by atoms with Gasteiger partial charge in [0, 0.05) is 11.6 Å². The van der Waals surface area contributed by atoms with E-state index in [9.17, 15) is 0 Å². The number of aromatic nitrogens is 3. The van der Waals surface area contributed by atoms with Crippen molar-refractivity contribution in [2.75, 3.05) is 5.73 Å². The monoisotopic (exact) mass is 462 g/mol. The Morgan fingerprint density at radius 1 is 0.900 bits per heavy atom. The Bertz CT molecular complexity index is 1170. The van der Waals surface area contributed by atoms with Gasteiger partial charge in [-0.25, -0.2) is 9.97 Å². The van der Waals surface area contributed by atoms with Gasteiger partial charge in [-0.1, -0.05) is 49.6 Å². The Balaban J connectivity index is 1.58. The average Bonchev–Trinajstić information content (AvgIpc) is 3.09. The molecule has 0 amide bonds. The fraction of sp³-hybridized carbons (Fsp3) is 0.250. The quantitative estimate of drug-likeness (QED) is 0.364. The molecule has 1 saturated carbocycles. The first-order valence-corrected chi connectivity index (χ1v) is 11.1. The van der Waals surface area contributed by atoms with Gasteiger partial charge < -0.3 is 15.0 Å². The smallest absolute Gasteiger partial charge is 0.147 e. The Kier molecular flexibility index (Phi) is 5.17. The molecule has 4 aromatic rings. The van der Waals surface area contributed by atoms with E-state index >= 15 is 0 Å². The van der Waals surface area contributed by atoms with E-state index in [4.69, 9.17) is 10.5 Å². The number of nitrogen functional groups attached to an aromatic ring is 1. The highest BCUT2D eigenvalue weighted by molar-refractivity contribution is 9.10. The van der Waals surface area contributed by atoms with Crippen molar-refractivity contribution >= 4 is 32.8 Å². The average molecular weight is 463 g/mol. The van der Waals surface area contributed by atoms with E-state index in [0.717, 1.165) is 51.1 Å². The zero-order chi connectivity index (χ0) is 20.5. The molecular formula is C24H23BrN4O. The minimum atomic E-state index is 0.430. The molecule has 152 valence electrons. The third-order valence-electron chi connectivity index (χ3n) is 5.81. The highest BCUT2D eigenvalue weighted by Crippen LogP contribution is 2.44. The Morgan fingerprint density at radius 3 is 2.33 bits per heavy atom. The summed E-state index contributed by atoms with van der Waals surface area (Å²) in [4.78, 5) is 8.89. The number of anilines is 1. The van der Waals surface area contributed by atoms with Crippen LogP contribution >= 0.6 is 15.9 Å². The largest absolute Gasteiger partial charge is 0.457 e. The first kappa shape index (κ1) is 19.1. The van der Waals surface area contributed by atoms with E-state index in [-0.39, 0.29) is 0 Å². The van der Waals surface area contributed by atoms with Crippen molar-refractivity contribution in [3.05, 3.63) is 65.5 Å². The van der Waals surface area contributed by atoms with Crippen molar-refractivity contribution in [3.8, 4) is 22.6 Å². The lowest BCUT2D eigenvalue weighted by molar-refractivity contribution is 0.356. The van der Waals surface area contributed by atoms with Crippen LogP contribution in [0.5, 0.6) is 11.5 Å². The van der Waals surface area contributed by atoms with E-state index in [1.807, 2.05) is 42.5 Å². The molecule has 0 aliphatic heterocycles. The molecule has 2 heterocycles. The Labute approximate surface area is 184 Å². The summed E-state index contributed by atoms with van der Waals surface area (Å²) in [6.07, 6.45) is 7.69. The second-order valence-corrected chi connectivity index (χ2v) is 8.48. The summed E-state index contributed by atoms with van der Waals surface area (Å²) in [5.41, 5.74) is 9.33. The van der Waals surface area contributed by atoms with E-state index in [2.05, 4.69) is 42.6 Å². The van der Waals surface area contributed by atoms with Crippen LogP contribution in [0, 0.1) is 0 Å². The number of para-hydroxylation sites is 1. The van der Waals surface area contributed by atoms with Crippen molar-refractivity contribution < 1.29 is 4.74 Å². The lowest BCUT2D eigenvalue weighted by Gasteiger charge is -2.24. The lowest BCUT2D eigenvalue weighted by atomic mass is 9.95. The molecule has 1 fully saturated rings. The van der Waals surface area contributed by atoms with Gasteiger partial charge in [-0.3, -0.25) is 0 Å². The van der Waals surface area contributed by atoms with Gasteiger partial charge in [-0.05, 0) is 58.6 Å². The van der Waals surface area contributed by atoms with Crippen LogP contribution in [0.25, 0.3) is 22.2 Å². The molecule has 0 atom stereocenters. The van der Waals surface area contributed by atoms with Crippen LogP contribution in [-0.4, -0.2) is 14.5 Å². The second kappa shape index (κ2) is 8.11. The van der Waals surface area contributed by atoms with Gasteiger partial charge in [0.25, 0.3) is 0 Å². The minimum absolute atomic E-state index is 0.430. The third kappa shape index (κ3) is 3.45. The summed E-state index contributed by atoms with van der Waals surface area (Å²) in [6.45, 7) is 0. The topological polar surface area (TPSA) is 66.0 Å². The normalized spacial score (nSPS) is 14.8. The van der Waals surface area contributed by atoms with E-state index in [1.54, 1.807) is 6.33 Å². The Morgan fingerprint density at radius 2 is 1.60 bits per heavy atom. The van der Waals surface area contributed by atoms with E-state index in [1.165, 1.54) is 19.3 Å². The van der Waals surface area contributed by atoms with Gasteiger partial charge in [-0.2, -0.15) is 0 Å². The van der Waals surface area contributed by atoms with Gasteiger partial charge in [0.05, 0.1) is 9.99 Å². The van der Waals surface area contributed by atoms with Crippen LogP contribution in [0.4, 0.5) is 5.82 Å². The number of rotatable bonds is 4. The first-order valence-electron chi connectivity index (χ1n) is 10.4. The summed E-state index contributed by atoms with van der Waals surface area (Å²) in [5, 5.41) is 0.909. The van der Waals surface area contributed by atoms with Gasteiger partial charge in [0.2, 0.25) is 0 Å². The van der Waals surface area contributed by atoms with Gasteiger partial charge >= 0.3 is 0 Å². The number of hydrogen-bond donors (Lipinski definition) is 1. The molecule has 30 heavy (non-hydrogen) atoms. The molecule has 1 aliphatic rings. The maximum Gasteiger partial charge on any atom is 0.147 e. The summed E-state index contributed by atoms with van der Waals surface area (Å²) < 4.78 is 9.28. The van der Waals surface area contributed by atoms with Crippen LogP contribution < -0.4 is 10.5 Å². The predicted octanol–water partition coefficient (Wildman–Crippen LogP) is 6.74. The van der Waals surface area contributed by atoms with E-state index in [0.29, 0.717) is 11.9 Å². The van der Waals surface area contributed by atoms with Crippen LogP contribution in [-0.2, 0) is 0 Å². The van der Waals surface area contributed by atoms with Crippen LogP contribution in [0.2, 0.25) is 0 Å². The maximum absolute atomic E-state index is 6.33. The number of hydrogen-bond acceptors (Lipinski definition) is 4. The molecule has 2 aromatic heterocycles. The van der Waals surface area contributed by atoms with Gasteiger partial charge in [-0.15, -0.1) is 0 Å². The fourth-order valence-electron chi connectivity index (χ4n) is 4.38. The molecule has 2 N–H and O–H groups in total. The van der Waals surface area contributed by atoms with Crippen molar-refractivity contribution in [1.29, 1.82) is 0 Å². The van der Waals surface area contributed by atoms with Crippen molar-refractivity contribution in [1.82, 2.24) is 14.5 Å². The molecule has 5 nitrogen and oxygen atoms in total. The van der Waals surface area contributed by atoms with Crippen molar-refractivity contribution in [3.63, 3.8) is 0 Å². The molecule has 1 aliphatic carbocycles. The fourth-order valence-corrected chi connectivity index (χ4v) is 5.26. The summed E-state index contributed by atoms with van der Waals surface area (Å²) in [5.74, 6) is 2.12. The summed E-state index contributed by atoms with van der Waals surface area (Å²) >= 11 is 3.88. The zero-order valence-electron chi connectivity index (χ0n) is 16.6. The molecule has 6 heteroatoms. The highest BCUT2D eigenvalue weighted by atomic mass is 79.9. The van der Waals surface area contributed by atoms with Crippen LogP contribution in [0.1, 0.15) is 38.1 Å². The van der Waals surface area contributed by atoms with Crippen LogP contribution in [0.15, 0.2) is 65.5 Å². The molecule has 2 aromatic carbocycles. The number of nitrogens with zero attached hydrogens (tertiary/aromatic N) is 3. The summed E-state index contributed by atoms with van der Waals surface area (Å²) in [7, 11) is 0. The number of benzene rings is 2. The summed E-state index contributed by atoms with van der Waals surface area (Å²) in [6, 6.07) is 18.3. The number of fused-ring (bicyclic) bond motifs is 1. The predicted molar refractivity (Wildman–Crippen MR) is 124 cm³/mol. The number of ether oxygens (including phenoxy) is 1.